The quantitative estimate of drug-likeness (QED) is 0.710. The van der Waals surface area contributed by atoms with E-state index in [1.807, 2.05) is 42.6 Å². The van der Waals surface area contributed by atoms with Gasteiger partial charge in [-0.2, -0.15) is 0 Å². The van der Waals surface area contributed by atoms with Crippen molar-refractivity contribution < 1.29 is 9.15 Å². The number of hydrogen-bond donors (Lipinski definition) is 1. The van der Waals surface area contributed by atoms with E-state index in [2.05, 4.69) is 29.4 Å². The summed E-state index contributed by atoms with van der Waals surface area (Å²) < 4.78 is 11.2. The fourth-order valence-electron chi connectivity index (χ4n) is 2.71. The number of rotatable bonds is 7. The average molecular weight is 322 g/mol. The third-order valence-corrected chi connectivity index (χ3v) is 3.99. The van der Waals surface area contributed by atoms with Crippen molar-refractivity contribution in [2.75, 3.05) is 7.11 Å². The van der Waals surface area contributed by atoms with Gasteiger partial charge in [-0.1, -0.05) is 25.1 Å². The number of ether oxygens (including phenoxy) is 1. The van der Waals surface area contributed by atoms with E-state index in [1.54, 1.807) is 13.3 Å². The molecular formula is C20H22N2O2. The summed E-state index contributed by atoms with van der Waals surface area (Å²) in [5, 5.41) is 3.57. The maximum atomic E-state index is 5.80. The van der Waals surface area contributed by atoms with Gasteiger partial charge in [-0.15, -0.1) is 0 Å². The molecule has 4 nitrogen and oxygen atoms in total. The molecule has 0 aliphatic rings. The lowest BCUT2D eigenvalue weighted by Gasteiger charge is -2.19. The summed E-state index contributed by atoms with van der Waals surface area (Å²) in [6.45, 7) is 2.74. The van der Waals surface area contributed by atoms with Crippen LogP contribution in [0, 0.1) is 0 Å². The number of methoxy groups -OCH3 is 1. The Balaban J connectivity index is 1.84. The van der Waals surface area contributed by atoms with Crippen molar-refractivity contribution in [3.63, 3.8) is 0 Å². The highest BCUT2D eigenvalue weighted by Crippen LogP contribution is 2.25. The Morgan fingerprint density at radius 3 is 2.62 bits per heavy atom. The fraction of sp³-hybridized carbons (Fsp3) is 0.250. The molecule has 0 aliphatic heterocycles. The second kappa shape index (κ2) is 7.79. The first-order valence-electron chi connectivity index (χ1n) is 8.15. The van der Waals surface area contributed by atoms with Gasteiger partial charge >= 0.3 is 0 Å². The van der Waals surface area contributed by atoms with E-state index in [0.29, 0.717) is 6.54 Å². The maximum absolute atomic E-state index is 5.80. The lowest BCUT2D eigenvalue weighted by molar-refractivity contribution is 0.412. The fourth-order valence-corrected chi connectivity index (χ4v) is 2.71. The van der Waals surface area contributed by atoms with Crippen LogP contribution in [0.3, 0.4) is 0 Å². The van der Waals surface area contributed by atoms with E-state index in [1.165, 1.54) is 0 Å². The molecule has 2 heterocycles. The molecule has 0 amide bonds. The van der Waals surface area contributed by atoms with Gasteiger partial charge in [0.1, 0.15) is 17.3 Å². The van der Waals surface area contributed by atoms with Crippen LogP contribution in [-0.2, 0) is 13.0 Å². The highest BCUT2D eigenvalue weighted by atomic mass is 16.5. The van der Waals surface area contributed by atoms with Gasteiger partial charge in [0.25, 0.3) is 0 Å². The summed E-state index contributed by atoms with van der Waals surface area (Å²) in [4.78, 5) is 4.25. The summed E-state index contributed by atoms with van der Waals surface area (Å²) in [5.41, 5.74) is 2.23. The van der Waals surface area contributed by atoms with Crippen LogP contribution in [-0.4, -0.2) is 12.1 Å². The molecule has 2 aromatic heterocycles. The molecule has 0 radical (unpaired) electrons. The number of furan rings is 1. The van der Waals surface area contributed by atoms with Crippen LogP contribution in [0.25, 0.3) is 0 Å². The van der Waals surface area contributed by atoms with Crippen molar-refractivity contribution >= 4 is 0 Å². The molecule has 24 heavy (non-hydrogen) atoms. The lowest BCUT2D eigenvalue weighted by Crippen LogP contribution is -2.22. The maximum Gasteiger partial charge on any atom is 0.119 e. The van der Waals surface area contributed by atoms with E-state index in [4.69, 9.17) is 9.15 Å². The Labute approximate surface area is 142 Å². The Kier molecular flexibility index (Phi) is 5.29. The molecule has 1 atom stereocenters. The van der Waals surface area contributed by atoms with Crippen LogP contribution < -0.4 is 10.1 Å². The SMILES string of the molecule is CCc1ccc(CN[C@H](c2cccnc2)c2cccc(OC)c2)o1. The zero-order valence-corrected chi connectivity index (χ0v) is 14.0. The molecule has 0 unspecified atom stereocenters. The van der Waals surface area contributed by atoms with E-state index in [0.717, 1.165) is 34.8 Å². The Hall–Kier alpha value is -2.59. The molecule has 3 aromatic rings. The van der Waals surface area contributed by atoms with Crippen molar-refractivity contribution in [3.05, 3.63) is 83.6 Å². The number of pyridine rings is 1. The summed E-state index contributed by atoms with van der Waals surface area (Å²) in [6, 6.07) is 16.2. The molecule has 0 bridgehead atoms. The van der Waals surface area contributed by atoms with Crippen molar-refractivity contribution in [2.45, 2.75) is 25.9 Å². The first-order chi connectivity index (χ1) is 11.8. The van der Waals surface area contributed by atoms with Crippen molar-refractivity contribution in [2.24, 2.45) is 0 Å². The van der Waals surface area contributed by atoms with Crippen LogP contribution in [0.4, 0.5) is 0 Å². The highest BCUT2D eigenvalue weighted by Gasteiger charge is 2.15. The van der Waals surface area contributed by atoms with Gasteiger partial charge in [0.2, 0.25) is 0 Å². The average Bonchev–Trinajstić information content (AvgIpc) is 3.11. The molecule has 1 aromatic carbocycles. The third-order valence-electron chi connectivity index (χ3n) is 3.99. The van der Waals surface area contributed by atoms with E-state index >= 15 is 0 Å². The van der Waals surface area contributed by atoms with Crippen LogP contribution in [0.2, 0.25) is 0 Å². The molecule has 0 saturated carbocycles. The Morgan fingerprint density at radius 1 is 1.08 bits per heavy atom. The van der Waals surface area contributed by atoms with Crippen molar-refractivity contribution in [1.82, 2.24) is 10.3 Å². The van der Waals surface area contributed by atoms with Crippen molar-refractivity contribution in [1.29, 1.82) is 0 Å². The topological polar surface area (TPSA) is 47.3 Å². The van der Waals surface area contributed by atoms with E-state index < -0.39 is 0 Å². The number of hydrogen-bond acceptors (Lipinski definition) is 4. The Bertz CT molecular complexity index is 768. The number of benzene rings is 1. The minimum absolute atomic E-state index is 0.0176. The van der Waals surface area contributed by atoms with Gasteiger partial charge in [-0.3, -0.25) is 10.3 Å². The predicted octanol–water partition coefficient (Wildman–Crippen LogP) is 4.12. The van der Waals surface area contributed by atoms with Crippen LogP contribution in [0.15, 0.2) is 65.3 Å². The molecule has 0 aliphatic carbocycles. The summed E-state index contributed by atoms with van der Waals surface area (Å²) in [7, 11) is 1.68. The Morgan fingerprint density at radius 2 is 1.92 bits per heavy atom. The van der Waals surface area contributed by atoms with Gasteiger partial charge in [-0.05, 0) is 41.5 Å². The van der Waals surface area contributed by atoms with Gasteiger partial charge in [0, 0.05) is 18.8 Å². The van der Waals surface area contributed by atoms with E-state index in [9.17, 15) is 0 Å². The molecule has 0 saturated heterocycles. The standard InChI is InChI=1S/C20H22N2O2/c1-3-17-9-10-19(24-17)14-22-20(16-7-5-11-21-13-16)15-6-4-8-18(12-15)23-2/h4-13,20,22H,3,14H2,1-2H3/t20-/m0/s1. The first kappa shape index (κ1) is 16.3. The summed E-state index contributed by atoms with van der Waals surface area (Å²) in [6.07, 6.45) is 4.57. The smallest absolute Gasteiger partial charge is 0.119 e. The first-order valence-corrected chi connectivity index (χ1v) is 8.15. The van der Waals surface area contributed by atoms with Gasteiger partial charge in [0.15, 0.2) is 0 Å². The summed E-state index contributed by atoms with van der Waals surface area (Å²) in [5.74, 6) is 2.78. The molecule has 3 rings (SSSR count). The zero-order valence-electron chi connectivity index (χ0n) is 14.0. The van der Waals surface area contributed by atoms with Gasteiger partial charge < -0.3 is 9.15 Å². The van der Waals surface area contributed by atoms with Gasteiger partial charge in [0.05, 0.1) is 19.7 Å². The third kappa shape index (κ3) is 3.84. The second-order valence-corrected chi connectivity index (χ2v) is 5.60. The predicted molar refractivity (Wildman–Crippen MR) is 94.0 cm³/mol. The second-order valence-electron chi connectivity index (χ2n) is 5.60. The number of aryl methyl sites for hydroxylation is 1. The zero-order chi connectivity index (χ0) is 16.8. The monoisotopic (exact) mass is 322 g/mol. The number of nitrogens with one attached hydrogen (secondary N) is 1. The molecule has 1 N–H and O–H groups in total. The largest absolute Gasteiger partial charge is 0.497 e. The molecular weight excluding hydrogens is 300 g/mol. The minimum atomic E-state index is 0.0176. The minimum Gasteiger partial charge on any atom is -0.497 e. The normalized spacial score (nSPS) is 12.1. The summed E-state index contributed by atoms with van der Waals surface area (Å²) >= 11 is 0. The molecule has 0 fully saturated rings. The van der Waals surface area contributed by atoms with E-state index in [-0.39, 0.29) is 6.04 Å². The van der Waals surface area contributed by atoms with Crippen LogP contribution in [0.1, 0.15) is 35.6 Å². The van der Waals surface area contributed by atoms with Crippen LogP contribution >= 0.6 is 0 Å². The molecule has 124 valence electrons. The van der Waals surface area contributed by atoms with Crippen LogP contribution in [0.5, 0.6) is 5.75 Å². The highest BCUT2D eigenvalue weighted by molar-refractivity contribution is 5.36. The molecule has 0 spiro atoms. The van der Waals surface area contributed by atoms with Gasteiger partial charge in [-0.25, -0.2) is 0 Å². The number of nitrogens with zero attached hydrogens (tertiary/aromatic N) is 1. The van der Waals surface area contributed by atoms with Crippen molar-refractivity contribution in [3.8, 4) is 5.75 Å². The number of aromatic nitrogens is 1. The lowest BCUT2D eigenvalue weighted by atomic mass is 10.00. The molecule has 4 heteroatoms.